The van der Waals surface area contributed by atoms with Gasteiger partial charge in [0.05, 0.1) is 12.0 Å². The molecule has 0 aromatic carbocycles. The standard InChI is InChI=1S/C17H24N4O2/c1-20(11-14-4-2-7-18-10-14)12-15(22)21-9-6-17(13-21)5-3-8-19-16(17)23/h2,4,7,10H,3,5-6,8-9,11-13H2,1H3,(H,19,23)/t17-/m1/s1. The summed E-state index contributed by atoms with van der Waals surface area (Å²) in [6.07, 6.45) is 6.26. The maximum Gasteiger partial charge on any atom is 0.236 e. The van der Waals surface area contributed by atoms with Crippen LogP contribution in [0.5, 0.6) is 0 Å². The van der Waals surface area contributed by atoms with E-state index in [2.05, 4.69) is 10.3 Å². The van der Waals surface area contributed by atoms with Crippen molar-refractivity contribution in [2.75, 3.05) is 33.2 Å². The molecule has 1 spiro atoms. The van der Waals surface area contributed by atoms with E-state index < -0.39 is 0 Å². The van der Waals surface area contributed by atoms with Gasteiger partial charge in [-0.15, -0.1) is 0 Å². The molecule has 2 saturated heterocycles. The summed E-state index contributed by atoms with van der Waals surface area (Å²) in [6, 6.07) is 3.90. The Morgan fingerprint density at radius 3 is 3.09 bits per heavy atom. The number of likely N-dealkylation sites (N-methyl/N-ethyl adjacent to an activating group) is 1. The zero-order chi connectivity index (χ0) is 16.3. The van der Waals surface area contributed by atoms with Crippen LogP contribution in [0.15, 0.2) is 24.5 Å². The van der Waals surface area contributed by atoms with Crippen LogP contribution in [-0.4, -0.2) is 59.8 Å². The number of hydrogen-bond donors (Lipinski definition) is 1. The van der Waals surface area contributed by atoms with Crippen molar-refractivity contribution >= 4 is 11.8 Å². The van der Waals surface area contributed by atoms with E-state index >= 15 is 0 Å². The quantitative estimate of drug-likeness (QED) is 0.885. The normalized spacial score (nSPS) is 24.3. The van der Waals surface area contributed by atoms with Gasteiger partial charge in [0.25, 0.3) is 0 Å². The Hall–Kier alpha value is -1.95. The molecule has 3 heterocycles. The number of hydrogen-bond acceptors (Lipinski definition) is 4. The van der Waals surface area contributed by atoms with Gasteiger partial charge in [0.15, 0.2) is 0 Å². The topological polar surface area (TPSA) is 65.5 Å². The second-order valence-electron chi connectivity index (χ2n) is 6.74. The summed E-state index contributed by atoms with van der Waals surface area (Å²) < 4.78 is 0. The summed E-state index contributed by atoms with van der Waals surface area (Å²) in [5.41, 5.74) is 0.753. The van der Waals surface area contributed by atoms with Crippen LogP contribution in [-0.2, 0) is 16.1 Å². The lowest BCUT2D eigenvalue weighted by Crippen LogP contribution is -2.48. The van der Waals surface area contributed by atoms with E-state index in [9.17, 15) is 9.59 Å². The van der Waals surface area contributed by atoms with Crippen LogP contribution in [0, 0.1) is 5.41 Å². The third-order valence-electron chi connectivity index (χ3n) is 4.89. The molecule has 2 amide bonds. The number of rotatable bonds is 4. The number of carbonyl (C=O) groups excluding carboxylic acids is 2. The van der Waals surface area contributed by atoms with E-state index in [4.69, 9.17) is 0 Å². The predicted molar refractivity (Wildman–Crippen MR) is 86.4 cm³/mol. The number of amides is 2. The first-order valence-electron chi connectivity index (χ1n) is 8.23. The lowest BCUT2D eigenvalue weighted by Gasteiger charge is -2.32. The summed E-state index contributed by atoms with van der Waals surface area (Å²) in [7, 11) is 1.93. The molecule has 23 heavy (non-hydrogen) atoms. The van der Waals surface area contributed by atoms with Gasteiger partial charge in [-0.2, -0.15) is 0 Å². The predicted octanol–water partition coefficient (Wildman–Crippen LogP) is 0.642. The molecule has 6 nitrogen and oxygen atoms in total. The summed E-state index contributed by atoms with van der Waals surface area (Å²) >= 11 is 0. The Bertz CT molecular complexity index is 577. The highest BCUT2D eigenvalue weighted by atomic mass is 16.2. The van der Waals surface area contributed by atoms with Crippen LogP contribution in [0.2, 0.25) is 0 Å². The third kappa shape index (κ3) is 3.52. The molecule has 3 rings (SSSR count). The summed E-state index contributed by atoms with van der Waals surface area (Å²) in [5, 5.41) is 2.95. The minimum atomic E-state index is -0.337. The van der Waals surface area contributed by atoms with Crippen molar-refractivity contribution in [2.24, 2.45) is 5.41 Å². The van der Waals surface area contributed by atoms with Crippen LogP contribution in [0.3, 0.4) is 0 Å². The van der Waals surface area contributed by atoms with E-state index in [1.807, 2.05) is 35.2 Å². The number of aromatic nitrogens is 1. The van der Waals surface area contributed by atoms with Crippen LogP contribution < -0.4 is 5.32 Å². The number of pyridine rings is 1. The average molecular weight is 316 g/mol. The Morgan fingerprint density at radius 2 is 2.35 bits per heavy atom. The molecule has 1 atom stereocenters. The molecule has 124 valence electrons. The van der Waals surface area contributed by atoms with Gasteiger partial charge in [-0.1, -0.05) is 6.07 Å². The first-order chi connectivity index (χ1) is 11.1. The smallest absolute Gasteiger partial charge is 0.236 e. The summed E-state index contributed by atoms with van der Waals surface area (Å²) in [4.78, 5) is 32.6. The molecule has 2 fully saturated rings. The minimum absolute atomic E-state index is 0.103. The van der Waals surface area contributed by atoms with Gasteiger partial charge in [-0.05, 0) is 37.9 Å². The zero-order valence-electron chi connectivity index (χ0n) is 13.6. The highest BCUT2D eigenvalue weighted by Crippen LogP contribution is 2.37. The number of piperidine rings is 1. The van der Waals surface area contributed by atoms with Gasteiger partial charge < -0.3 is 10.2 Å². The number of nitrogens with zero attached hydrogens (tertiary/aromatic N) is 3. The molecule has 0 saturated carbocycles. The van der Waals surface area contributed by atoms with Gasteiger partial charge in [-0.3, -0.25) is 19.5 Å². The fourth-order valence-electron chi connectivity index (χ4n) is 3.59. The summed E-state index contributed by atoms with van der Waals surface area (Å²) in [5.74, 6) is 0.231. The van der Waals surface area contributed by atoms with Gasteiger partial charge in [0, 0.05) is 38.6 Å². The Balaban J connectivity index is 1.54. The highest BCUT2D eigenvalue weighted by molar-refractivity contribution is 5.86. The molecular weight excluding hydrogens is 292 g/mol. The van der Waals surface area contributed by atoms with E-state index in [0.29, 0.717) is 26.2 Å². The summed E-state index contributed by atoms with van der Waals surface area (Å²) in [6.45, 7) is 3.08. The second-order valence-corrected chi connectivity index (χ2v) is 6.74. The van der Waals surface area contributed by atoms with Crippen molar-refractivity contribution in [3.63, 3.8) is 0 Å². The van der Waals surface area contributed by atoms with Crippen molar-refractivity contribution in [1.82, 2.24) is 20.1 Å². The van der Waals surface area contributed by atoms with Crippen molar-refractivity contribution < 1.29 is 9.59 Å². The van der Waals surface area contributed by atoms with Crippen LogP contribution in [0.25, 0.3) is 0 Å². The number of carbonyl (C=O) groups is 2. The molecule has 2 aliphatic heterocycles. The van der Waals surface area contributed by atoms with E-state index in [-0.39, 0.29) is 17.2 Å². The first kappa shape index (κ1) is 15.9. The molecule has 2 aliphatic rings. The molecule has 0 unspecified atom stereocenters. The minimum Gasteiger partial charge on any atom is -0.356 e. The van der Waals surface area contributed by atoms with Crippen LogP contribution in [0.4, 0.5) is 0 Å². The number of likely N-dealkylation sites (tertiary alicyclic amines) is 1. The molecular formula is C17H24N4O2. The van der Waals surface area contributed by atoms with E-state index in [1.54, 1.807) is 6.20 Å². The third-order valence-corrected chi connectivity index (χ3v) is 4.89. The Morgan fingerprint density at radius 1 is 1.48 bits per heavy atom. The van der Waals surface area contributed by atoms with Crippen molar-refractivity contribution in [1.29, 1.82) is 0 Å². The van der Waals surface area contributed by atoms with Gasteiger partial charge >= 0.3 is 0 Å². The average Bonchev–Trinajstić information content (AvgIpc) is 2.97. The molecule has 0 aliphatic carbocycles. The largest absolute Gasteiger partial charge is 0.356 e. The monoisotopic (exact) mass is 316 g/mol. The fourth-order valence-corrected chi connectivity index (χ4v) is 3.59. The van der Waals surface area contributed by atoms with Crippen molar-refractivity contribution in [3.05, 3.63) is 30.1 Å². The number of nitrogens with one attached hydrogen (secondary N) is 1. The van der Waals surface area contributed by atoms with Crippen LogP contribution in [0.1, 0.15) is 24.8 Å². The first-order valence-corrected chi connectivity index (χ1v) is 8.23. The van der Waals surface area contributed by atoms with Crippen molar-refractivity contribution in [3.8, 4) is 0 Å². The Labute approximate surface area is 136 Å². The van der Waals surface area contributed by atoms with Gasteiger partial charge in [-0.25, -0.2) is 0 Å². The van der Waals surface area contributed by atoms with Gasteiger partial charge in [0.2, 0.25) is 11.8 Å². The zero-order valence-corrected chi connectivity index (χ0v) is 13.6. The molecule has 1 N–H and O–H groups in total. The maximum absolute atomic E-state index is 12.5. The lowest BCUT2D eigenvalue weighted by atomic mass is 9.79. The molecule has 0 radical (unpaired) electrons. The van der Waals surface area contributed by atoms with E-state index in [1.165, 1.54) is 0 Å². The molecule has 1 aromatic heterocycles. The van der Waals surface area contributed by atoms with E-state index in [0.717, 1.165) is 31.4 Å². The fraction of sp³-hybridized carbons (Fsp3) is 0.588. The maximum atomic E-state index is 12.5. The van der Waals surface area contributed by atoms with Gasteiger partial charge in [0.1, 0.15) is 0 Å². The molecule has 6 heteroatoms. The molecule has 0 bridgehead atoms. The Kier molecular flexibility index (Phi) is 4.61. The second kappa shape index (κ2) is 6.66. The van der Waals surface area contributed by atoms with Crippen LogP contribution >= 0.6 is 0 Å². The van der Waals surface area contributed by atoms with Crippen molar-refractivity contribution in [2.45, 2.75) is 25.8 Å². The SMILES string of the molecule is CN(CC(=O)N1CC[C@]2(CCCNC2=O)C1)Cc1cccnc1. The lowest BCUT2D eigenvalue weighted by molar-refractivity contribution is -0.135. The molecule has 1 aromatic rings. The highest BCUT2D eigenvalue weighted by Gasteiger charge is 2.46.